The molecule has 10 heteroatoms. The van der Waals surface area contributed by atoms with E-state index in [9.17, 15) is 13.2 Å². The molecule has 0 spiro atoms. The van der Waals surface area contributed by atoms with Gasteiger partial charge in [0.2, 0.25) is 15.9 Å². The number of sulfonamides is 1. The van der Waals surface area contributed by atoms with Crippen molar-refractivity contribution in [1.82, 2.24) is 9.62 Å². The second kappa shape index (κ2) is 10.9. The average Bonchev–Trinajstić information content (AvgIpc) is 2.78. The second-order valence-corrected chi connectivity index (χ2v) is 8.61. The molecule has 0 aromatic heterocycles. The van der Waals surface area contributed by atoms with Gasteiger partial charge in [0, 0.05) is 19.7 Å². The summed E-state index contributed by atoms with van der Waals surface area (Å²) in [6.07, 6.45) is 0.554. The Bertz CT molecular complexity index is 1010. The summed E-state index contributed by atoms with van der Waals surface area (Å²) in [4.78, 5) is 12.3. The first-order valence-electron chi connectivity index (χ1n) is 9.42. The summed E-state index contributed by atoms with van der Waals surface area (Å²) in [5.74, 6) is 1.52. The van der Waals surface area contributed by atoms with Crippen molar-refractivity contribution in [2.24, 2.45) is 0 Å². The molecule has 0 saturated heterocycles. The van der Waals surface area contributed by atoms with Crippen molar-refractivity contribution in [3.63, 3.8) is 0 Å². The monoisotopic (exact) mass is 452 g/mol. The first-order valence-corrected chi connectivity index (χ1v) is 10.9. The first-order chi connectivity index (χ1) is 14.8. The molecule has 0 fully saturated rings. The molecule has 0 atom stereocenters. The molecule has 2 aromatic rings. The van der Waals surface area contributed by atoms with Crippen molar-refractivity contribution >= 4 is 15.9 Å². The van der Waals surface area contributed by atoms with Crippen molar-refractivity contribution in [3.8, 4) is 23.0 Å². The molecule has 0 aliphatic rings. The molecule has 0 aliphatic heterocycles. The van der Waals surface area contributed by atoms with Crippen LogP contribution in [0.1, 0.15) is 5.56 Å². The van der Waals surface area contributed by atoms with Crippen LogP contribution in [0.5, 0.6) is 23.0 Å². The molecular weight excluding hydrogens is 424 g/mol. The normalized spacial score (nSPS) is 11.2. The molecular formula is C21H28N2O7S. The molecule has 0 bridgehead atoms. The van der Waals surface area contributed by atoms with E-state index in [-0.39, 0.29) is 17.2 Å². The maximum Gasteiger partial charge on any atom is 0.243 e. The number of likely N-dealkylation sites (N-methyl/N-ethyl adjacent to an activating group) is 1. The lowest BCUT2D eigenvalue weighted by Gasteiger charge is -2.18. The first kappa shape index (κ1) is 24.3. The van der Waals surface area contributed by atoms with Gasteiger partial charge in [0.05, 0.1) is 39.9 Å². The number of ether oxygens (including phenoxy) is 4. The SMILES string of the molecule is COc1ccc(CCNC(=O)CN(C)S(=O)(=O)c2ccc(OC)c(OC)c2)cc1OC. The Labute approximate surface area is 182 Å². The highest BCUT2D eigenvalue weighted by atomic mass is 32.2. The largest absolute Gasteiger partial charge is 0.493 e. The lowest BCUT2D eigenvalue weighted by molar-refractivity contribution is -0.121. The van der Waals surface area contributed by atoms with E-state index < -0.39 is 15.9 Å². The topological polar surface area (TPSA) is 103 Å². The van der Waals surface area contributed by atoms with E-state index in [1.54, 1.807) is 20.3 Å². The highest BCUT2D eigenvalue weighted by Gasteiger charge is 2.24. The molecule has 0 unspecified atom stereocenters. The summed E-state index contributed by atoms with van der Waals surface area (Å²) in [6.45, 7) is 0.0289. The maximum absolute atomic E-state index is 12.8. The molecule has 2 aromatic carbocycles. The predicted octanol–water partition coefficient (Wildman–Crippen LogP) is 1.70. The van der Waals surface area contributed by atoms with Gasteiger partial charge in [0.1, 0.15) is 0 Å². The third kappa shape index (κ3) is 6.02. The molecule has 170 valence electrons. The van der Waals surface area contributed by atoms with Crippen molar-refractivity contribution in [2.45, 2.75) is 11.3 Å². The van der Waals surface area contributed by atoms with Crippen molar-refractivity contribution in [2.75, 3.05) is 48.6 Å². The number of carbonyl (C=O) groups excluding carboxylic acids is 1. The molecule has 0 radical (unpaired) electrons. The summed E-state index contributed by atoms with van der Waals surface area (Å²) < 4.78 is 47.3. The zero-order valence-electron chi connectivity index (χ0n) is 18.3. The third-order valence-electron chi connectivity index (χ3n) is 4.61. The third-order valence-corrected chi connectivity index (χ3v) is 6.41. The molecule has 0 saturated carbocycles. The van der Waals surface area contributed by atoms with Gasteiger partial charge in [-0.15, -0.1) is 0 Å². The highest BCUT2D eigenvalue weighted by Crippen LogP contribution is 2.30. The summed E-state index contributed by atoms with van der Waals surface area (Å²) in [6, 6.07) is 9.77. The quantitative estimate of drug-likeness (QED) is 0.553. The fraction of sp³-hybridized carbons (Fsp3) is 0.381. The van der Waals surface area contributed by atoms with Crippen LogP contribution >= 0.6 is 0 Å². The number of amides is 1. The van der Waals surface area contributed by atoms with Crippen LogP contribution in [0.4, 0.5) is 0 Å². The van der Waals surface area contributed by atoms with Gasteiger partial charge >= 0.3 is 0 Å². The summed E-state index contributed by atoms with van der Waals surface area (Å²) in [5.41, 5.74) is 0.948. The van der Waals surface area contributed by atoms with Gasteiger partial charge < -0.3 is 24.3 Å². The summed E-state index contributed by atoms with van der Waals surface area (Å²) in [7, 11) is 3.46. The molecule has 1 amide bonds. The van der Waals surface area contributed by atoms with Crippen LogP contribution in [-0.4, -0.2) is 67.2 Å². The van der Waals surface area contributed by atoms with E-state index in [0.717, 1.165) is 9.87 Å². The number of rotatable bonds is 11. The zero-order chi connectivity index (χ0) is 23.0. The molecule has 1 N–H and O–H groups in total. The minimum atomic E-state index is -3.88. The Morgan fingerprint density at radius 2 is 1.42 bits per heavy atom. The smallest absolute Gasteiger partial charge is 0.243 e. The van der Waals surface area contributed by atoms with E-state index in [1.807, 2.05) is 12.1 Å². The van der Waals surface area contributed by atoms with Crippen molar-refractivity contribution < 1.29 is 32.2 Å². The molecule has 31 heavy (non-hydrogen) atoms. The molecule has 0 heterocycles. The van der Waals surface area contributed by atoms with Gasteiger partial charge in [-0.2, -0.15) is 4.31 Å². The Balaban J connectivity index is 1.96. The van der Waals surface area contributed by atoms with Crippen molar-refractivity contribution in [3.05, 3.63) is 42.0 Å². The van der Waals surface area contributed by atoms with E-state index in [2.05, 4.69) is 5.32 Å². The number of methoxy groups -OCH3 is 4. The standard InChI is InChI=1S/C21H28N2O7S/c1-23(31(25,26)16-7-9-18(28-3)20(13-16)30-5)14-21(24)22-11-10-15-6-8-17(27-2)19(12-15)29-4/h6-9,12-13H,10-11,14H2,1-5H3,(H,22,24). The van der Waals surface area contributed by atoms with E-state index in [4.69, 9.17) is 18.9 Å². The van der Waals surface area contributed by atoms with Gasteiger partial charge in [-0.25, -0.2) is 8.42 Å². The van der Waals surface area contributed by atoms with Gasteiger partial charge in [-0.3, -0.25) is 4.79 Å². The van der Waals surface area contributed by atoms with Gasteiger partial charge in [0.15, 0.2) is 23.0 Å². The van der Waals surface area contributed by atoms with Crippen molar-refractivity contribution in [1.29, 1.82) is 0 Å². The number of hydrogen-bond donors (Lipinski definition) is 1. The second-order valence-electron chi connectivity index (χ2n) is 6.57. The summed E-state index contributed by atoms with van der Waals surface area (Å²) in [5, 5.41) is 2.73. The van der Waals surface area contributed by atoms with E-state index in [0.29, 0.717) is 30.2 Å². The molecule has 0 aliphatic carbocycles. The van der Waals surface area contributed by atoms with Gasteiger partial charge in [-0.1, -0.05) is 6.07 Å². The van der Waals surface area contributed by atoms with Crippen LogP contribution < -0.4 is 24.3 Å². The fourth-order valence-electron chi connectivity index (χ4n) is 2.88. The van der Waals surface area contributed by atoms with Crippen LogP contribution in [0.25, 0.3) is 0 Å². The lowest BCUT2D eigenvalue weighted by Crippen LogP contribution is -2.39. The van der Waals surface area contributed by atoms with E-state index in [1.165, 1.54) is 39.5 Å². The predicted molar refractivity (Wildman–Crippen MR) is 116 cm³/mol. The van der Waals surface area contributed by atoms with Crippen LogP contribution in [-0.2, 0) is 21.2 Å². The van der Waals surface area contributed by atoms with E-state index >= 15 is 0 Å². The Hall–Kier alpha value is -2.98. The van der Waals surface area contributed by atoms with Crippen LogP contribution in [0.3, 0.4) is 0 Å². The van der Waals surface area contributed by atoms with Gasteiger partial charge in [-0.05, 0) is 36.2 Å². The average molecular weight is 453 g/mol. The number of nitrogens with zero attached hydrogens (tertiary/aromatic N) is 1. The highest BCUT2D eigenvalue weighted by molar-refractivity contribution is 7.89. The Morgan fingerprint density at radius 1 is 0.871 bits per heavy atom. The Morgan fingerprint density at radius 3 is 2.00 bits per heavy atom. The van der Waals surface area contributed by atoms with Gasteiger partial charge in [0.25, 0.3) is 0 Å². The number of hydrogen-bond acceptors (Lipinski definition) is 7. The number of carbonyl (C=O) groups is 1. The number of benzene rings is 2. The maximum atomic E-state index is 12.8. The van der Waals surface area contributed by atoms with Crippen LogP contribution in [0.2, 0.25) is 0 Å². The van der Waals surface area contributed by atoms with Crippen LogP contribution in [0.15, 0.2) is 41.3 Å². The Kier molecular flexibility index (Phi) is 8.52. The number of nitrogens with one attached hydrogen (secondary N) is 1. The zero-order valence-corrected chi connectivity index (χ0v) is 19.1. The lowest BCUT2D eigenvalue weighted by atomic mass is 10.1. The molecule has 9 nitrogen and oxygen atoms in total. The minimum absolute atomic E-state index is 0.00535. The minimum Gasteiger partial charge on any atom is -0.493 e. The molecule has 2 rings (SSSR count). The van der Waals surface area contributed by atoms with Crippen LogP contribution in [0, 0.1) is 0 Å². The fourth-order valence-corrected chi connectivity index (χ4v) is 4.03. The summed E-state index contributed by atoms with van der Waals surface area (Å²) >= 11 is 0.